The molecule has 0 aliphatic carbocycles. The largest absolute Gasteiger partial charge is 0.455 e. The number of esters is 1. The fraction of sp³-hybridized carbons (Fsp3) is 0.375. The molecule has 0 fully saturated rings. The number of hydrogen-bond donors (Lipinski definition) is 0. The molecule has 0 saturated heterocycles. The number of carbonyl (C=O) groups excluding carboxylic acids is 2. The van der Waals surface area contributed by atoms with Gasteiger partial charge >= 0.3 is 5.97 Å². The number of carbonyl (C=O) groups is 2. The molecule has 24 heavy (non-hydrogen) atoms. The van der Waals surface area contributed by atoms with Crippen molar-refractivity contribution in [3.63, 3.8) is 0 Å². The molecule has 1 amide bonds. The van der Waals surface area contributed by atoms with Crippen LogP contribution in [0, 0.1) is 13.8 Å². The van der Waals surface area contributed by atoms with Crippen molar-refractivity contribution in [1.29, 1.82) is 0 Å². The smallest absolute Gasteiger partial charge is 0.316 e. The second-order valence-electron chi connectivity index (χ2n) is 5.21. The third-order valence-electron chi connectivity index (χ3n) is 3.04. The predicted octanol–water partition coefficient (Wildman–Crippen LogP) is 2.45. The number of ether oxygens (including phenoxy) is 1. The number of likely N-dealkylation sites (N-methyl/N-ethyl adjacent to an activating group) is 1. The molecule has 6 nitrogen and oxygen atoms in total. The Morgan fingerprint density at radius 2 is 2.00 bits per heavy atom. The van der Waals surface area contributed by atoms with Gasteiger partial charge in [-0.2, -0.15) is 0 Å². The van der Waals surface area contributed by atoms with Crippen LogP contribution in [0.1, 0.15) is 16.3 Å². The van der Waals surface area contributed by atoms with E-state index in [1.807, 2.05) is 37.4 Å². The Kier molecular flexibility index (Phi) is 6.74. The molecule has 0 spiro atoms. The van der Waals surface area contributed by atoms with Crippen LogP contribution in [0.25, 0.3) is 0 Å². The summed E-state index contributed by atoms with van der Waals surface area (Å²) in [6.07, 6.45) is 0. The van der Waals surface area contributed by atoms with E-state index < -0.39 is 5.97 Å². The maximum Gasteiger partial charge on any atom is 0.316 e. The molecule has 0 atom stereocenters. The van der Waals surface area contributed by atoms with Crippen LogP contribution < -0.4 is 0 Å². The lowest BCUT2D eigenvalue weighted by Gasteiger charge is -2.16. The summed E-state index contributed by atoms with van der Waals surface area (Å²) in [5, 5.41) is 2.49. The molecule has 2 aromatic heterocycles. The second-order valence-corrected chi connectivity index (χ2v) is 7.19. The van der Waals surface area contributed by atoms with Gasteiger partial charge in [-0.3, -0.25) is 9.59 Å². The lowest BCUT2D eigenvalue weighted by Crippen LogP contribution is -2.30. The standard InChI is InChI=1S/C16H19N3O3S2/c1-11-7-12(2)18-16(17-11)24-10-15(21)22-9-14(20)19(3)8-13-5-4-6-23-13/h4-7H,8-10H2,1-3H3. The second kappa shape index (κ2) is 8.79. The summed E-state index contributed by atoms with van der Waals surface area (Å²) in [5.41, 5.74) is 1.70. The van der Waals surface area contributed by atoms with Gasteiger partial charge in [0.25, 0.3) is 5.91 Å². The summed E-state index contributed by atoms with van der Waals surface area (Å²) >= 11 is 2.78. The van der Waals surface area contributed by atoms with Gasteiger partial charge < -0.3 is 9.64 Å². The molecule has 2 aromatic rings. The van der Waals surface area contributed by atoms with Gasteiger partial charge in [-0.05, 0) is 31.4 Å². The zero-order valence-corrected chi connectivity index (χ0v) is 15.4. The highest BCUT2D eigenvalue weighted by molar-refractivity contribution is 7.99. The van der Waals surface area contributed by atoms with Crippen molar-refractivity contribution in [2.45, 2.75) is 25.5 Å². The van der Waals surface area contributed by atoms with Gasteiger partial charge in [0.05, 0.1) is 12.3 Å². The average Bonchev–Trinajstić information content (AvgIpc) is 3.02. The van der Waals surface area contributed by atoms with Crippen LogP contribution in [0.5, 0.6) is 0 Å². The van der Waals surface area contributed by atoms with Crippen LogP contribution in [-0.2, 0) is 20.9 Å². The van der Waals surface area contributed by atoms with Gasteiger partial charge in [0, 0.05) is 23.3 Å². The monoisotopic (exact) mass is 365 g/mol. The minimum absolute atomic E-state index is 0.0742. The van der Waals surface area contributed by atoms with Crippen molar-refractivity contribution < 1.29 is 14.3 Å². The molecule has 128 valence electrons. The van der Waals surface area contributed by atoms with E-state index in [-0.39, 0.29) is 18.3 Å². The first-order valence-corrected chi connectivity index (χ1v) is 9.17. The molecule has 8 heteroatoms. The predicted molar refractivity (Wildman–Crippen MR) is 94.0 cm³/mol. The molecule has 0 N–H and O–H groups in total. The van der Waals surface area contributed by atoms with Crippen molar-refractivity contribution in [3.05, 3.63) is 39.8 Å². The minimum Gasteiger partial charge on any atom is -0.455 e. The van der Waals surface area contributed by atoms with Crippen LogP contribution in [0.4, 0.5) is 0 Å². The fourth-order valence-corrected chi connectivity index (χ4v) is 3.40. The van der Waals surface area contributed by atoms with Crippen molar-refractivity contribution in [2.24, 2.45) is 0 Å². The molecule has 2 heterocycles. The topological polar surface area (TPSA) is 72.4 Å². The third kappa shape index (κ3) is 5.93. The Balaban J connectivity index is 1.73. The number of nitrogens with zero attached hydrogens (tertiary/aromatic N) is 3. The van der Waals surface area contributed by atoms with Crippen molar-refractivity contribution in [2.75, 3.05) is 19.4 Å². The first kappa shape index (κ1) is 18.4. The summed E-state index contributed by atoms with van der Waals surface area (Å²) in [4.78, 5) is 34.8. The third-order valence-corrected chi connectivity index (χ3v) is 4.72. The maximum atomic E-state index is 12.0. The summed E-state index contributed by atoms with van der Waals surface area (Å²) in [6, 6.07) is 5.76. The Hall–Kier alpha value is -1.93. The van der Waals surface area contributed by atoms with E-state index in [1.165, 1.54) is 11.8 Å². The van der Waals surface area contributed by atoms with Crippen molar-refractivity contribution in [1.82, 2.24) is 14.9 Å². The highest BCUT2D eigenvalue weighted by Crippen LogP contribution is 2.14. The van der Waals surface area contributed by atoms with Gasteiger partial charge in [0.15, 0.2) is 11.8 Å². The molecule has 0 saturated carbocycles. The average molecular weight is 365 g/mol. The van der Waals surface area contributed by atoms with E-state index in [1.54, 1.807) is 23.3 Å². The van der Waals surface area contributed by atoms with E-state index in [4.69, 9.17) is 4.74 Å². The number of thiophene rings is 1. The van der Waals surface area contributed by atoms with E-state index in [0.29, 0.717) is 11.7 Å². The van der Waals surface area contributed by atoms with Crippen LogP contribution >= 0.6 is 23.1 Å². The summed E-state index contributed by atoms with van der Waals surface area (Å²) in [7, 11) is 1.69. The molecule has 0 bridgehead atoms. The number of hydrogen-bond acceptors (Lipinski definition) is 7. The minimum atomic E-state index is -0.458. The zero-order chi connectivity index (χ0) is 17.5. The number of aromatic nitrogens is 2. The van der Waals surface area contributed by atoms with E-state index in [2.05, 4.69) is 9.97 Å². The number of amides is 1. The number of rotatable bonds is 7. The van der Waals surface area contributed by atoms with Gasteiger partial charge in [0.2, 0.25) is 0 Å². The maximum absolute atomic E-state index is 12.0. The lowest BCUT2D eigenvalue weighted by atomic mass is 10.4. The summed E-state index contributed by atoms with van der Waals surface area (Å²) in [5.74, 6) is -0.616. The number of aryl methyl sites for hydroxylation is 2. The van der Waals surface area contributed by atoms with Crippen LogP contribution in [0.15, 0.2) is 28.7 Å². The molecular formula is C16H19N3O3S2. The Bertz CT molecular complexity index is 684. The van der Waals surface area contributed by atoms with Crippen LogP contribution in [0.3, 0.4) is 0 Å². The normalized spacial score (nSPS) is 10.5. The molecule has 0 aromatic carbocycles. The Morgan fingerprint density at radius 1 is 1.29 bits per heavy atom. The van der Waals surface area contributed by atoms with E-state index in [0.717, 1.165) is 16.3 Å². The van der Waals surface area contributed by atoms with Crippen LogP contribution in [0.2, 0.25) is 0 Å². The molecule has 0 aliphatic rings. The van der Waals surface area contributed by atoms with Crippen molar-refractivity contribution in [3.8, 4) is 0 Å². The molecule has 2 rings (SSSR count). The van der Waals surface area contributed by atoms with Gasteiger partial charge in [0.1, 0.15) is 0 Å². The first-order chi connectivity index (χ1) is 11.4. The Morgan fingerprint density at radius 3 is 2.62 bits per heavy atom. The van der Waals surface area contributed by atoms with Crippen LogP contribution in [-0.4, -0.2) is 46.2 Å². The Labute approximate surface area is 149 Å². The zero-order valence-electron chi connectivity index (χ0n) is 13.8. The van der Waals surface area contributed by atoms with Crippen molar-refractivity contribution >= 4 is 35.0 Å². The summed E-state index contributed by atoms with van der Waals surface area (Å²) < 4.78 is 5.02. The van der Waals surface area contributed by atoms with Gasteiger partial charge in [-0.15, -0.1) is 11.3 Å². The quantitative estimate of drug-likeness (QED) is 0.426. The highest BCUT2D eigenvalue weighted by Gasteiger charge is 2.13. The van der Waals surface area contributed by atoms with E-state index >= 15 is 0 Å². The van der Waals surface area contributed by atoms with E-state index in [9.17, 15) is 9.59 Å². The molecule has 0 aliphatic heterocycles. The van der Waals surface area contributed by atoms with Gasteiger partial charge in [-0.25, -0.2) is 9.97 Å². The molecular weight excluding hydrogens is 346 g/mol. The summed E-state index contributed by atoms with van der Waals surface area (Å²) in [6.45, 7) is 4.01. The molecule has 0 unspecified atom stereocenters. The SMILES string of the molecule is Cc1cc(C)nc(SCC(=O)OCC(=O)N(C)Cc2cccs2)n1. The fourth-order valence-electron chi connectivity index (χ4n) is 1.90. The molecule has 0 radical (unpaired) electrons. The lowest BCUT2D eigenvalue weighted by molar-refractivity contribution is -0.149. The number of thioether (sulfide) groups is 1. The van der Waals surface area contributed by atoms with Gasteiger partial charge in [-0.1, -0.05) is 17.8 Å². The highest BCUT2D eigenvalue weighted by atomic mass is 32.2. The first-order valence-electron chi connectivity index (χ1n) is 7.31.